The van der Waals surface area contributed by atoms with Crippen molar-refractivity contribution in [3.05, 3.63) is 105 Å². The van der Waals surface area contributed by atoms with Crippen molar-refractivity contribution in [3.8, 4) is 22.6 Å². The number of aromatic nitrogens is 2. The van der Waals surface area contributed by atoms with Gasteiger partial charge >= 0.3 is 5.69 Å². The number of hydrogen-bond donors (Lipinski definition) is 2. The van der Waals surface area contributed by atoms with Crippen molar-refractivity contribution >= 4 is 39.2 Å². The Balaban J connectivity index is 1.69. The Morgan fingerprint density at radius 1 is 0.941 bits per heavy atom. The molecule has 0 saturated carbocycles. The van der Waals surface area contributed by atoms with Crippen LogP contribution < -0.4 is 21.7 Å². The molecule has 0 fully saturated rings. The molecule has 7 nitrogen and oxygen atoms in total. The number of nitrogens with two attached hydrogens (primary N) is 1. The molecule has 168 valence electrons. The van der Waals surface area contributed by atoms with Gasteiger partial charge in [-0.1, -0.05) is 60.1 Å². The summed E-state index contributed by atoms with van der Waals surface area (Å²) in [5.74, 6) is -0.264. The number of nitrogens with one attached hydrogen (secondary N) is 1. The Bertz CT molecular complexity index is 1700. The molecule has 1 aromatic heterocycles. The molecule has 3 N–H and O–H groups in total. The predicted octanol–water partition coefficient (Wildman–Crippen LogP) is 4.02. The van der Waals surface area contributed by atoms with Gasteiger partial charge in [-0.15, -0.1) is 0 Å². The van der Waals surface area contributed by atoms with E-state index in [9.17, 15) is 14.4 Å². The van der Waals surface area contributed by atoms with Crippen molar-refractivity contribution in [2.24, 2.45) is 5.73 Å². The summed E-state index contributed by atoms with van der Waals surface area (Å²) in [4.78, 5) is 40.4. The van der Waals surface area contributed by atoms with Crippen LogP contribution in [0.25, 0.3) is 38.5 Å². The lowest BCUT2D eigenvalue weighted by Crippen LogP contribution is -2.33. The van der Waals surface area contributed by atoms with E-state index in [0.717, 1.165) is 15.3 Å². The monoisotopic (exact) mass is 471 g/mol. The first kappa shape index (κ1) is 21.5. The SMILES string of the molecule is NC(=O)COc1cccc(Cl)c1-c1ccc2c(=O)n(-c3cccc4ccccc34)c(=O)[nH]c2c1. The maximum absolute atomic E-state index is 13.4. The highest BCUT2D eigenvalue weighted by molar-refractivity contribution is 6.33. The van der Waals surface area contributed by atoms with Crippen LogP contribution in [0.3, 0.4) is 0 Å². The molecule has 0 aliphatic carbocycles. The van der Waals surface area contributed by atoms with Gasteiger partial charge in [0.1, 0.15) is 5.75 Å². The van der Waals surface area contributed by atoms with Gasteiger partial charge in [-0.3, -0.25) is 9.59 Å². The van der Waals surface area contributed by atoms with Crippen LogP contribution in [0.5, 0.6) is 5.75 Å². The third-order valence-electron chi connectivity index (χ3n) is 5.54. The van der Waals surface area contributed by atoms with E-state index in [1.165, 1.54) is 0 Å². The summed E-state index contributed by atoms with van der Waals surface area (Å²) >= 11 is 6.42. The van der Waals surface area contributed by atoms with Crippen molar-refractivity contribution < 1.29 is 9.53 Å². The average Bonchev–Trinajstić information content (AvgIpc) is 2.82. The lowest BCUT2D eigenvalue weighted by atomic mass is 10.0. The highest BCUT2D eigenvalue weighted by Crippen LogP contribution is 2.37. The average molecular weight is 472 g/mol. The van der Waals surface area contributed by atoms with Crippen LogP contribution in [0.15, 0.2) is 88.5 Å². The van der Waals surface area contributed by atoms with Gasteiger partial charge in [0.05, 0.1) is 21.6 Å². The number of primary amides is 1. The summed E-state index contributed by atoms with van der Waals surface area (Å²) in [5.41, 5.74) is 6.18. The molecule has 0 aliphatic rings. The Morgan fingerprint density at radius 3 is 2.53 bits per heavy atom. The first-order valence-corrected chi connectivity index (χ1v) is 10.8. The van der Waals surface area contributed by atoms with E-state index >= 15 is 0 Å². The van der Waals surface area contributed by atoms with Gasteiger partial charge in [0, 0.05) is 10.9 Å². The molecule has 1 amide bonds. The Labute approximate surface area is 198 Å². The molecule has 5 rings (SSSR count). The maximum Gasteiger partial charge on any atom is 0.333 e. The van der Waals surface area contributed by atoms with Crippen LogP contribution >= 0.6 is 11.6 Å². The number of aromatic amines is 1. The number of carbonyl (C=O) groups is 1. The van der Waals surface area contributed by atoms with E-state index < -0.39 is 17.2 Å². The molecule has 0 bridgehead atoms. The van der Waals surface area contributed by atoms with E-state index in [0.29, 0.717) is 38.5 Å². The predicted molar refractivity (Wildman–Crippen MR) is 133 cm³/mol. The first-order valence-electron chi connectivity index (χ1n) is 10.4. The minimum atomic E-state index is -0.622. The largest absolute Gasteiger partial charge is 0.483 e. The summed E-state index contributed by atoms with van der Waals surface area (Å²) in [7, 11) is 0. The number of rotatable bonds is 5. The van der Waals surface area contributed by atoms with Crippen LogP contribution in [0, 0.1) is 0 Å². The van der Waals surface area contributed by atoms with E-state index in [1.807, 2.05) is 36.4 Å². The van der Waals surface area contributed by atoms with Crippen molar-refractivity contribution in [1.82, 2.24) is 9.55 Å². The van der Waals surface area contributed by atoms with Crippen molar-refractivity contribution in [1.29, 1.82) is 0 Å². The molecular weight excluding hydrogens is 454 g/mol. The van der Waals surface area contributed by atoms with Gasteiger partial charge in [-0.2, -0.15) is 0 Å². The highest BCUT2D eigenvalue weighted by atomic mass is 35.5. The minimum absolute atomic E-state index is 0.312. The molecular formula is C26H18ClN3O4. The number of halogens is 1. The topological polar surface area (TPSA) is 107 Å². The number of benzene rings is 4. The molecule has 0 aliphatic heterocycles. The molecule has 8 heteroatoms. The van der Waals surface area contributed by atoms with Crippen LogP contribution in [-0.2, 0) is 4.79 Å². The number of H-pyrrole nitrogens is 1. The molecule has 0 saturated heterocycles. The summed E-state index contributed by atoms with van der Waals surface area (Å²) < 4.78 is 6.65. The third kappa shape index (κ3) is 3.72. The zero-order chi connectivity index (χ0) is 23.8. The summed E-state index contributed by atoms with van der Waals surface area (Å²) in [5, 5.41) is 2.43. The second-order valence-corrected chi connectivity index (χ2v) is 8.10. The molecule has 0 atom stereocenters. The Morgan fingerprint density at radius 2 is 1.71 bits per heavy atom. The van der Waals surface area contributed by atoms with Crippen molar-refractivity contribution in [2.75, 3.05) is 6.61 Å². The number of nitrogens with zero attached hydrogens (tertiary/aromatic N) is 1. The van der Waals surface area contributed by atoms with Crippen LogP contribution in [0.2, 0.25) is 5.02 Å². The minimum Gasteiger partial charge on any atom is -0.483 e. The summed E-state index contributed by atoms with van der Waals surface area (Å²) in [6, 6.07) is 23.1. The fourth-order valence-electron chi connectivity index (χ4n) is 4.05. The molecule has 4 aromatic carbocycles. The normalized spacial score (nSPS) is 11.1. The van der Waals surface area contributed by atoms with Gasteiger partial charge in [0.2, 0.25) is 0 Å². The Kier molecular flexibility index (Phi) is 5.39. The van der Waals surface area contributed by atoms with Gasteiger partial charge in [0.15, 0.2) is 6.61 Å². The zero-order valence-electron chi connectivity index (χ0n) is 17.7. The Hall–Kier alpha value is -4.36. The molecule has 0 spiro atoms. The van der Waals surface area contributed by atoms with Gasteiger partial charge in [-0.05, 0) is 41.3 Å². The fourth-order valence-corrected chi connectivity index (χ4v) is 4.32. The van der Waals surface area contributed by atoms with E-state index in [-0.39, 0.29) is 6.61 Å². The van der Waals surface area contributed by atoms with E-state index in [1.54, 1.807) is 42.5 Å². The van der Waals surface area contributed by atoms with Gasteiger partial charge in [-0.25, -0.2) is 9.36 Å². The second kappa shape index (κ2) is 8.53. The molecule has 0 radical (unpaired) electrons. The summed E-state index contributed by atoms with van der Waals surface area (Å²) in [6.07, 6.45) is 0. The molecule has 34 heavy (non-hydrogen) atoms. The van der Waals surface area contributed by atoms with Crippen molar-refractivity contribution in [2.45, 2.75) is 0 Å². The number of fused-ring (bicyclic) bond motifs is 2. The van der Waals surface area contributed by atoms with Gasteiger partial charge in [0.25, 0.3) is 11.5 Å². The van der Waals surface area contributed by atoms with E-state index in [2.05, 4.69) is 4.98 Å². The zero-order valence-corrected chi connectivity index (χ0v) is 18.5. The molecule has 0 unspecified atom stereocenters. The first-order chi connectivity index (χ1) is 16.4. The third-order valence-corrected chi connectivity index (χ3v) is 5.85. The number of amides is 1. The smallest absolute Gasteiger partial charge is 0.333 e. The van der Waals surface area contributed by atoms with E-state index in [4.69, 9.17) is 22.1 Å². The standard InChI is InChI=1S/C26H18ClN3O4/c27-19-8-4-10-22(34-14-23(28)31)24(19)16-11-12-18-20(13-16)29-26(33)30(25(18)32)21-9-3-6-15-5-1-2-7-17(15)21/h1-13H,14H2,(H2,28,31)(H,29,33). The number of ether oxygens (including phenoxy) is 1. The quantitative estimate of drug-likeness (QED) is 0.403. The second-order valence-electron chi connectivity index (χ2n) is 7.70. The van der Waals surface area contributed by atoms with Gasteiger partial charge < -0.3 is 15.5 Å². The van der Waals surface area contributed by atoms with Crippen molar-refractivity contribution in [3.63, 3.8) is 0 Å². The highest BCUT2D eigenvalue weighted by Gasteiger charge is 2.16. The molecule has 1 heterocycles. The lowest BCUT2D eigenvalue weighted by Gasteiger charge is -2.14. The summed E-state index contributed by atoms with van der Waals surface area (Å²) in [6.45, 7) is -0.312. The molecule has 5 aromatic rings. The van der Waals surface area contributed by atoms with Crippen LogP contribution in [-0.4, -0.2) is 22.1 Å². The van der Waals surface area contributed by atoms with Crippen LogP contribution in [0.4, 0.5) is 0 Å². The number of hydrogen-bond acceptors (Lipinski definition) is 4. The fraction of sp³-hybridized carbons (Fsp3) is 0.0385. The number of carbonyl (C=O) groups excluding carboxylic acids is 1. The lowest BCUT2D eigenvalue weighted by molar-refractivity contribution is -0.119. The van der Waals surface area contributed by atoms with Crippen LogP contribution in [0.1, 0.15) is 0 Å². The maximum atomic E-state index is 13.4.